The van der Waals surface area contributed by atoms with E-state index in [2.05, 4.69) is 15.9 Å². The molecule has 100 valence electrons. The third-order valence-corrected chi connectivity index (χ3v) is 3.14. The molecule has 1 atom stereocenters. The van der Waals surface area contributed by atoms with E-state index < -0.39 is 12.1 Å². The highest BCUT2D eigenvalue weighted by Gasteiger charge is 2.19. The number of carboxylic acid groups (broad SMARTS) is 1. The molecular weight excluding hydrogens is 304 g/mol. The minimum absolute atomic E-state index is 0.108. The number of carbonyl (C=O) groups is 1. The van der Waals surface area contributed by atoms with E-state index in [1.165, 1.54) is 14.2 Å². The van der Waals surface area contributed by atoms with Gasteiger partial charge in [-0.25, -0.2) is 0 Å². The highest BCUT2D eigenvalue weighted by atomic mass is 79.9. The molecule has 0 aliphatic carbocycles. The van der Waals surface area contributed by atoms with E-state index in [0.29, 0.717) is 21.5 Å². The molecule has 1 aromatic rings. The Kier molecular flexibility index (Phi) is 5.43. The standard InChI is InChI=1S/C12H15BrO5/c1-17-7-5-8(13)12(10(6-7)18-2)9(14)3-4-11(15)16/h5-6,9,14H,3-4H2,1-2H3,(H,15,16). The number of hydrogen-bond donors (Lipinski definition) is 2. The fourth-order valence-corrected chi connectivity index (χ4v) is 2.27. The fourth-order valence-electron chi connectivity index (χ4n) is 1.58. The van der Waals surface area contributed by atoms with Crippen LogP contribution in [0.4, 0.5) is 0 Å². The number of aliphatic hydroxyl groups excluding tert-OH is 1. The number of benzene rings is 1. The maximum atomic E-state index is 10.5. The molecule has 1 aromatic carbocycles. The first-order valence-electron chi connectivity index (χ1n) is 5.30. The fraction of sp³-hybridized carbons (Fsp3) is 0.417. The number of carboxylic acids is 1. The van der Waals surface area contributed by atoms with Crippen molar-refractivity contribution in [1.29, 1.82) is 0 Å². The van der Waals surface area contributed by atoms with E-state index in [9.17, 15) is 9.90 Å². The van der Waals surface area contributed by atoms with Gasteiger partial charge >= 0.3 is 5.97 Å². The van der Waals surface area contributed by atoms with Crippen LogP contribution < -0.4 is 9.47 Å². The second kappa shape index (κ2) is 6.61. The van der Waals surface area contributed by atoms with Crippen LogP contribution in [0, 0.1) is 0 Å². The predicted octanol–water partition coefficient (Wildman–Crippen LogP) is 2.36. The zero-order chi connectivity index (χ0) is 13.7. The second-order valence-corrected chi connectivity index (χ2v) is 4.53. The summed E-state index contributed by atoms with van der Waals surface area (Å²) >= 11 is 3.32. The lowest BCUT2D eigenvalue weighted by Gasteiger charge is -2.17. The molecule has 2 N–H and O–H groups in total. The van der Waals surface area contributed by atoms with Gasteiger partial charge in [0.15, 0.2) is 0 Å². The third-order valence-electron chi connectivity index (χ3n) is 2.49. The van der Waals surface area contributed by atoms with Crippen LogP contribution >= 0.6 is 15.9 Å². The summed E-state index contributed by atoms with van der Waals surface area (Å²) in [6, 6.07) is 3.34. The Morgan fingerprint density at radius 3 is 2.56 bits per heavy atom. The Bertz CT molecular complexity index is 433. The van der Waals surface area contributed by atoms with Crippen LogP contribution in [0.15, 0.2) is 16.6 Å². The van der Waals surface area contributed by atoms with Crippen molar-refractivity contribution in [1.82, 2.24) is 0 Å². The summed E-state index contributed by atoms with van der Waals surface area (Å²) in [5, 5.41) is 18.6. The minimum Gasteiger partial charge on any atom is -0.497 e. The summed E-state index contributed by atoms with van der Waals surface area (Å²) in [5.74, 6) is 0.102. The van der Waals surface area contributed by atoms with E-state index in [1.54, 1.807) is 12.1 Å². The quantitative estimate of drug-likeness (QED) is 0.842. The maximum Gasteiger partial charge on any atom is 0.303 e. The monoisotopic (exact) mass is 318 g/mol. The number of aliphatic carboxylic acids is 1. The van der Waals surface area contributed by atoms with Gasteiger partial charge in [0.1, 0.15) is 11.5 Å². The van der Waals surface area contributed by atoms with Gasteiger partial charge in [0.25, 0.3) is 0 Å². The lowest BCUT2D eigenvalue weighted by atomic mass is 10.0. The molecule has 0 heterocycles. The summed E-state index contributed by atoms with van der Waals surface area (Å²) < 4.78 is 10.9. The normalized spacial score (nSPS) is 12.0. The van der Waals surface area contributed by atoms with E-state index >= 15 is 0 Å². The van der Waals surface area contributed by atoms with Gasteiger partial charge in [-0.15, -0.1) is 0 Å². The third kappa shape index (κ3) is 3.61. The minimum atomic E-state index is -0.947. The summed E-state index contributed by atoms with van der Waals surface area (Å²) in [7, 11) is 3.01. The highest BCUT2D eigenvalue weighted by molar-refractivity contribution is 9.10. The molecule has 6 heteroatoms. The van der Waals surface area contributed by atoms with Crippen LogP contribution in [-0.2, 0) is 4.79 Å². The van der Waals surface area contributed by atoms with Crippen LogP contribution in [0.2, 0.25) is 0 Å². The Balaban J connectivity index is 3.02. The van der Waals surface area contributed by atoms with Crippen molar-refractivity contribution in [3.63, 3.8) is 0 Å². The van der Waals surface area contributed by atoms with E-state index in [-0.39, 0.29) is 12.8 Å². The largest absolute Gasteiger partial charge is 0.497 e. The molecule has 0 amide bonds. The van der Waals surface area contributed by atoms with E-state index in [4.69, 9.17) is 14.6 Å². The number of methoxy groups -OCH3 is 2. The van der Waals surface area contributed by atoms with Crippen molar-refractivity contribution < 1.29 is 24.5 Å². The Labute approximate surface area is 113 Å². The first-order valence-corrected chi connectivity index (χ1v) is 6.10. The molecule has 1 rings (SSSR count). The van der Waals surface area contributed by atoms with Crippen molar-refractivity contribution in [2.75, 3.05) is 14.2 Å². The lowest BCUT2D eigenvalue weighted by molar-refractivity contribution is -0.137. The number of hydrogen-bond acceptors (Lipinski definition) is 4. The van der Waals surface area contributed by atoms with Crippen molar-refractivity contribution in [2.45, 2.75) is 18.9 Å². The van der Waals surface area contributed by atoms with Crippen molar-refractivity contribution in [2.24, 2.45) is 0 Å². The highest BCUT2D eigenvalue weighted by Crippen LogP contribution is 2.38. The van der Waals surface area contributed by atoms with Gasteiger partial charge in [0.2, 0.25) is 0 Å². The molecule has 0 saturated heterocycles. The van der Waals surface area contributed by atoms with Gasteiger partial charge in [0, 0.05) is 22.5 Å². The zero-order valence-electron chi connectivity index (χ0n) is 10.1. The average Bonchev–Trinajstić information content (AvgIpc) is 2.34. The SMILES string of the molecule is COc1cc(Br)c(C(O)CCC(=O)O)c(OC)c1. The number of ether oxygens (including phenoxy) is 2. The molecule has 0 aliphatic heterocycles. The summed E-state index contributed by atoms with van der Waals surface area (Å²) in [4.78, 5) is 10.5. The smallest absolute Gasteiger partial charge is 0.303 e. The van der Waals surface area contributed by atoms with E-state index in [0.717, 1.165) is 0 Å². The van der Waals surface area contributed by atoms with Gasteiger partial charge < -0.3 is 19.7 Å². The van der Waals surface area contributed by atoms with Gasteiger partial charge in [-0.1, -0.05) is 15.9 Å². The molecule has 0 fully saturated rings. The lowest BCUT2D eigenvalue weighted by Crippen LogP contribution is -2.05. The molecule has 1 unspecified atom stereocenters. The van der Waals surface area contributed by atoms with Gasteiger partial charge in [-0.2, -0.15) is 0 Å². The van der Waals surface area contributed by atoms with E-state index in [1.807, 2.05) is 0 Å². The maximum absolute atomic E-state index is 10.5. The summed E-state index contributed by atoms with van der Waals surface area (Å²) in [6.45, 7) is 0. The molecule has 0 saturated carbocycles. The Hall–Kier alpha value is -1.27. The molecule has 0 aromatic heterocycles. The Morgan fingerprint density at radius 2 is 2.06 bits per heavy atom. The number of halogens is 1. The van der Waals surface area contributed by atoms with Gasteiger partial charge in [-0.05, 0) is 12.5 Å². The Morgan fingerprint density at radius 1 is 1.39 bits per heavy atom. The van der Waals surface area contributed by atoms with Gasteiger partial charge in [0.05, 0.1) is 20.3 Å². The molecule has 0 aliphatic rings. The molecule has 5 nitrogen and oxygen atoms in total. The summed E-state index contributed by atoms with van der Waals surface area (Å²) in [6.07, 6.45) is -0.893. The molecular formula is C12H15BrO5. The van der Waals surface area contributed by atoms with Gasteiger partial charge in [-0.3, -0.25) is 4.79 Å². The first-order chi connectivity index (χ1) is 8.49. The van der Waals surface area contributed by atoms with Crippen LogP contribution in [0.5, 0.6) is 11.5 Å². The average molecular weight is 319 g/mol. The number of rotatable bonds is 6. The molecule has 18 heavy (non-hydrogen) atoms. The molecule has 0 spiro atoms. The van der Waals surface area contributed by atoms with Crippen LogP contribution in [0.25, 0.3) is 0 Å². The van der Waals surface area contributed by atoms with Crippen molar-refractivity contribution >= 4 is 21.9 Å². The van der Waals surface area contributed by atoms with Crippen molar-refractivity contribution in [3.8, 4) is 11.5 Å². The second-order valence-electron chi connectivity index (χ2n) is 3.67. The molecule has 0 bridgehead atoms. The van der Waals surface area contributed by atoms with Crippen LogP contribution in [0.3, 0.4) is 0 Å². The van der Waals surface area contributed by atoms with Crippen LogP contribution in [-0.4, -0.2) is 30.4 Å². The van der Waals surface area contributed by atoms with Crippen molar-refractivity contribution in [3.05, 3.63) is 22.2 Å². The number of aliphatic hydroxyl groups is 1. The molecule has 0 radical (unpaired) electrons. The zero-order valence-corrected chi connectivity index (χ0v) is 11.7. The van der Waals surface area contributed by atoms with Crippen LogP contribution in [0.1, 0.15) is 24.5 Å². The summed E-state index contributed by atoms with van der Waals surface area (Å²) in [5.41, 5.74) is 0.527. The predicted molar refractivity (Wildman–Crippen MR) is 69.1 cm³/mol. The first kappa shape index (κ1) is 14.8. The topological polar surface area (TPSA) is 76.0 Å².